The molecule has 0 aliphatic heterocycles. The van der Waals surface area contributed by atoms with Crippen LogP contribution in [0.25, 0.3) is 0 Å². The first kappa shape index (κ1) is 17.0. The highest BCUT2D eigenvalue weighted by atomic mass is 16.5. The summed E-state index contributed by atoms with van der Waals surface area (Å²) in [5, 5.41) is 0. The van der Waals surface area contributed by atoms with Gasteiger partial charge < -0.3 is 15.4 Å². The van der Waals surface area contributed by atoms with E-state index in [4.69, 9.17) is 10.5 Å². The summed E-state index contributed by atoms with van der Waals surface area (Å²) in [5.74, 6) is 0.897. The molecule has 4 heteroatoms. The second-order valence-corrected chi connectivity index (χ2v) is 5.43. The number of nitrogens with zero attached hydrogens (tertiary/aromatic N) is 2. The molecule has 0 heterocycles. The van der Waals surface area contributed by atoms with Gasteiger partial charge in [0.1, 0.15) is 5.75 Å². The molecule has 4 nitrogen and oxygen atoms in total. The lowest BCUT2D eigenvalue weighted by Gasteiger charge is -2.24. The summed E-state index contributed by atoms with van der Waals surface area (Å²) in [6.45, 7) is 6.99. The van der Waals surface area contributed by atoms with Crippen molar-refractivity contribution in [3.63, 3.8) is 0 Å². The summed E-state index contributed by atoms with van der Waals surface area (Å²) < 4.78 is 5.41. The standard InChI is InChI=1S/C16H29N3O/c1-5-8-19(10-9-18(2)3)13-14-6-7-15(12-17)16(11-14)20-4/h6-7,11H,5,8-10,12-13,17H2,1-4H3. The van der Waals surface area contributed by atoms with Crippen molar-refractivity contribution in [1.82, 2.24) is 9.80 Å². The minimum Gasteiger partial charge on any atom is -0.496 e. The Kier molecular flexibility index (Phi) is 7.59. The molecule has 20 heavy (non-hydrogen) atoms. The summed E-state index contributed by atoms with van der Waals surface area (Å²) in [4.78, 5) is 4.71. The van der Waals surface area contributed by atoms with Crippen LogP contribution in [0, 0.1) is 0 Å². The van der Waals surface area contributed by atoms with Gasteiger partial charge in [0.05, 0.1) is 7.11 Å². The molecule has 0 saturated carbocycles. The fraction of sp³-hybridized carbons (Fsp3) is 0.625. The van der Waals surface area contributed by atoms with Crippen molar-refractivity contribution in [2.45, 2.75) is 26.4 Å². The normalized spacial score (nSPS) is 11.3. The van der Waals surface area contributed by atoms with Gasteiger partial charge in [-0.1, -0.05) is 19.1 Å². The predicted molar refractivity (Wildman–Crippen MR) is 85.0 cm³/mol. The van der Waals surface area contributed by atoms with Gasteiger partial charge in [0.15, 0.2) is 0 Å². The van der Waals surface area contributed by atoms with Gasteiger partial charge in [0.2, 0.25) is 0 Å². The second-order valence-electron chi connectivity index (χ2n) is 5.43. The van der Waals surface area contributed by atoms with E-state index < -0.39 is 0 Å². The Bertz CT molecular complexity index is 393. The summed E-state index contributed by atoms with van der Waals surface area (Å²) >= 11 is 0. The molecule has 0 fully saturated rings. The van der Waals surface area contributed by atoms with Gasteiger partial charge in [0, 0.05) is 31.7 Å². The third-order valence-corrected chi connectivity index (χ3v) is 3.38. The van der Waals surface area contributed by atoms with Crippen molar-refractivity contribution in [2.24, 2.45) is 5.73 Å². The zero-order valence-corrected chi connectivity index (χ0v) is 13.4. The van der Waals surface area contributed by atoms with Crippen LogP contribution in [0.1, 0.15) is 24.5 Å². The summed E-state index contributed by atoms with van der Waals surface area (Å²) in [7, 11) is 5.93. The Labute approximate surface area is 123 Å². The van der Waals surface area contributed by atoms with Gasteiger partial charge in [-0.3, -0.25) is 4.90 Å². The quantitative estimate of drug-likeness (QED) is 0.750. The van der Waals surface area contributed by atoms with Crippen LogP contribution in [0.2, 0.25) is 0 Å². The summed E-state index contributed by atoms with van der Waals surface area (Å²) in [6, 6.07) is 6.34. The van der Waals surface area contributed by atoms with Crippen molar-refractivity contribution in [3.8, 4) is 5.75 Å². The van der Waals surface area contributed by atoms with Crippen LogP contribution >= 0.6 is 0 Å². The fourth-order valence-corrected chi connectivity index (χ4v) is 2.24. The lowest BCUT2D eigenvalue weighted by molar-refractivity contribution is 0.234. The molecule has 0 radical (unpaired) electrons. The first-order chi connectivity index (χ1) is 9.60. The number of hydrogen-bond donors (Lipinski definition) is 1. The van der Waals surface area contributed by atoms with E-state index in [1.165, 1.54) is 12.0 Å². The maximum Gasteiger partial charge on any atom is 0.123 e. The smallest absolute Gasteiger partial charge is 0.123 e. The Morgan fingerprint density at radius 3 is 2.45 bits per heavy atom. The molecule has 0 aromatic heterocycles. The van der Waals surface area contributed by atoms with Crippen molar-refractivity contribution < 1.29 is 4.74 Å². The third kappa shape index (κ3) is 5.49. The average molecular weight is 279 g/mol. The average Bonchev–Trinajstić information content (AvgIpc) is 2.44. The second kappa shape index (κ2) is 8.95. The molecule has 0 atom stereocenters. The third-order valence-electron chi connectivity index (χ3n) is 3.38. The lowest BCUT2D eigenvalue weighted by atomic mass is 10.1. The molecule has 2 N–H and O–H groups in total. The highest BCUT2D eigenvalue weighted by Gasteiger charge is 2.08. The fourth-order valence-electron chi connectivity index (χ4n) is 2.24. The topological polar surface area (TPSA) is 41.7 Å². The van der Waals surface area contributed by atoms with E-state index in [1.807, 2.05) is 0 Å². The Hall–Kier alpha value is -1.10. The van der Waals surface area contributed by atoms with Gasteiger partial charge in [-0.2, -0.15) is 0 Å². The zero-order chi connectivity index (χ0) is 15.0. The van der Waals surface area contributed by atoms with E-state index in [1.54, 1.807) is 7.11 Å². The molecule has 0 saturated heterocycles. The number of ether oxygens (including phenoxy) is 1. The molecule has 0 spiro atoms. The minimum atomic E-state index is 0.517. The number of hydrogen-bond acceptors (Lipinski definition) is 4. The Morgan fingerprint density at radius 1 is 1.15 bits per heavy atom. The largest absolute Gasteiger partial charge is 0.496 e. The maximum atomic E-state index is 5.71. The molecule has 0 aliphatic rings. The molecule has 114 valence electrons. The van der Waals surface area contributed by atoms with Crippen LogP contribution in [0.15, 0.2) is 18.2 Å². The monoisotopic (exact) mass is 279 g/mol. The summed E-state index contributed by atoms with van der Waals surface area (Å²) in [6.07, 6.45) is 1.17. The molecule has 0 amide bonds. The molecule has 0 unspecified atom stereocenters. The van der Waals surface area contributed by atoms with E-state index >= 15 is 0 Å². The van der Waals surface area contributed by atoms with E-state index in [9.17, 15) is 0 Å². The number of likely N-dealkylation sites (N-methyl/N-ethyl adjacent to an activating group) is 1. The van der Waals surface area contributed by atoms with E-state index in [2.05, 4.69) is 49.0 Å². The molecule has 1 aromatic carbocycles. The predicted octanol–water partition coefficient (Wildman–Crippen LogP) is 1.93. The van der Waals surface area contributed by atoms with Gasteiger partial charge in [-0.15, -0.1) is 0 Å². The van der Waals surface area contributed by atoms with Crippen LogP contribution in [-0.4, -0.2) is 50.6 Å². The van der Waals surface area contributed by atoms with Crippen molar-refractivity contribution in [2.75, 3.05) is 40.8 Å². The number of rotatable bonds is 9. The molecule has 0 bridgehead atoms. The molecule has 0 aliphatic carbocycles. The van der Waals surface area contributed by atoms with E-state index in [-0.39, 0.29) is 0 Å². The highest BCUT2D eigenvalue weighted by Crippen LogP contribution is 2.20. The first-order valence-electron chi connectivity index (χ1n) is 7.33. The van der Waals surface area contributed by atoms with E-state index in [0.717, 1.165) is 37.5 Å². The number of nitrogens with two attached hydrogens (primary N) is 1. The Balaban J connectivity index is 2.72. The molecular weight excluding hydrogens is 250 g/mol. The molecular formula is C16H29N3O. The van der Waals surface area contributed by atoms with Crippen LogP contribution < -0.4 is 10.5 Å². The first-order valence-corrected chi connectivity index (χ1v) is 7.33. The summed E-state index contributed by atoms with van der Waals surface area (Å²) in [5.41, 5.74) is 8.06. The van der Waals surface area contributed by atoms with Gasteiger partial charge in [-0.05, 0) is 38.7 Å². The number of benzene rings is 1. The SMILES string of the molecule is CCCN(CCN(C)C)Cc1ccc(CN)c(OC)c1. The van der Waals surface area contributed by atoms with Crippen LogP contribution in [0.3, 0.4) is 0 Å². The maximum absolute atomic E-state index is 5.71. The van der Waals surface area contributed by atoms with Crippen molar-refractivity contribution in [1.29, 1.82) is 0 Å². The minimum absolute atomic E-state index is 0.517. The van der Waals surface area contributed by atoms with Crippen LogP contribution in [-0.2, 0) is 13.1 Å². The van der Waals surface area contributed by atoms with Gasteiger partial charge >= 0.3 is 0 Å². The van der Waals surface area contributed by atoms with Gasteiger partial charge in [-0.25, -0.2) is 0 Å². The number of methoxy groups -OCH3 is 1. The molecule has 1 aromatic rings. The highest BCUT2D eigenvalue weighted by molar-refractivity contribution is 5.37. The van der Waals surface area contributed by atoms with E-state index in [0.29, 0.717) is 6.54 Å². The van der Waals surface area contributed by atoms with Crippen LogP contribution in [0.5, 0.6) is 5.75 Å². The van der Waals surface area contributed by atoms with Crippen molar-refractivity contribution >= 4 is 0 Å². The zero-order valence-electron chi connectivity index (χ0n) is 13.4. The van der Waals surface area contributed by atoms with Crippen LogP contribution in [0.4, 0.5) is 0 Å². The van der Waals surface area contributed by atoms with Crippen molar-refractivity contribution in [3.05, 3.63) is 29.3 Å². The Morgan fingerprint density at radius 2 is 1.90 bits per heavy atom. The van der Waals surface area contributed by atoms with Gasteiger partial charge in [0.25, 0.3) is 0 Å². The lowest BCUT2D eigenvalue weighted by Crippen LogP contribution is -2.32. The molecule has 1 rings (SSSR count).